The minimum Gasteiger partial charge on any atom is -0.443 e. The molecule has 0 saturated carbocycles. The van der Waals surface area contributed by atoms with Crippen LogP contribution in [0.25, 0.3) is 10.9 Å². The van der Waals surface area contributed by atoms with Crippen molar-refractivity contribution in [2.24, 2.45) is 0 Å². The molecule has 0 aliphatic carbocycles. The van der Waals surface area contributed by atoms with E-state index in [0.29, 0.717) is 0 Å². The number of fused-ring (bicyclic) bond motifs is 1. The number of ether oxygens (including phenoxy) is 1. The summed E-state index contributed by atoms with van der Waals surface area (Å²) in [6, 6.07) is 10.5. The minimum absolute atomic E-state index is 0.337. The van der Waals surface area contributed by atoms with Crippen LogP contribution in [0, 0.1) is 13.0 Å². The van der Waals surface area contributed by atoms with Gasteiger partial charge in [-0.3, -0.25) is 0 Å². The SMILES string of the molecule is Cc1cc2c[c]ccc2n1C(=O)OC(C)(C)C. The van der Waals surface area contributed by atoms with Crippen molar-refractivity contribution in [3.05, 3.63) is 36.0 Å². The number of carbonyl (C=O) groups excluding carboxylic acids is 1. The zero-order chi connectivity index (χ0) is 12.6. The number of aryl methyl sites for hydroxylation is 1. The lowest BCUT2D eigenvalue weighted by atomic mass is 10.2. The molecule has 1 aromatic heterocycles. The van der Waals surface area contributed by atoms with Crippen LogP contribution in [0.4, 0.5) is 4.79 Å². The molecule has 0 bridgehead atoms. The molecule has 17 heavy (non-hydrogen) atoms. The first-order valence-corrected chi connectivity index (χ1v) is 5.60. The maximum absolute atomic E-state index is 12.1. The number of nitrogens with zero attached hydrogens (tertiary/aromatic N) is 1. The summed E-state index contributed by atoms with van der Waals surface area (Å²) in [7, 11) is 0. The van der Waals surface area contributed by atoms with E-state index in [0.717, 1.165) is 16.6 Å². The summed E-state index contributed by atoms with van der Waals surface area (Å²) in [6.45, 7) is 7.48. The number of benzene rings is 1. The van der Waals surface area contributed by atoms with Crippen LogP contribution < -0.4 is 0 Å². The van der Waals surface area contributed by atoms with E-state index in [1.165, 1.54) is 0 Å². The molecule has 2 rings (SSSR count). The van der Waals surface area contributed by atoms with Gasteiger partial charge in [0.1, 0.15) is 5.60 Å². The Labute approximate surface area is 101 Å². The molecule has 0 unspecified atom stereocenters. The molecule has 1 aromatic carbocycles. The summed E-state index contributed by atoms with van der Waals surface area (Å²) in [6.07, 6.45) is -0.337. The van der Waals surface area contributed by atoms with Crippen LogP contribution in [0.5, 0.6) is 0 Å². The van der Waals surface area contributed by atoms with Gasteiger partial charge in [0, 0.05) is 11.1 Å². The van der Waals surface area contributed by atoms with Crippen molar-refractivity contribution in [1.29, 1.82) is 0 Å². The fourth-order valence-corrected chi connectivity index (χ4v) is 1.78. The van der Waals surface area contributed by atoms with Crippen LogP contribution in [0.15, 0.2) is 24.3 Å². The van der Waals surface area contributed by atoms with Crippen molar-refractivity contribution in [3.8, 4) is 0 Å². The van der Waals surface area contributed by atoms with Crippen molar-refractivity contribution >= 4 is 17.0 Å². The largest absolute Gasteiger partial charge is 0.443 e. The Kier molecular flexibility index (Phi) is 2.69. The summed E-state index contributed by atoms with van der Waals surface area (Å²) in [5, 5.41) is 0.996. The molecule has 1 heterocycles. The Hall–Kier alpha value is -1.77. The molecule has 89 valence electrons. The van der Waals surface area contributed by atoms with Crippen LogP contribution >= 0.6 is 0 Å². The van der Waals surface area contributed by atoms with E-state index < -0.39 is 5.60 Å². The molecule has 0 saturated heterocycles. The Bertz CT molecular complexity index is 561. The van der Waals surface area contributed by atoms with E-state index in [2.05, 4.69) is 6.07 Å². The van der Waals surface area contributed by atoms with Crippen LogP contribution in [0.1, 0.15) is 26.5 Å². The van der Waals surface area contributed by atoms with Crippen molar-refractivity contribution in [1.82, 2.24) is 4.57 Å². The molecule has 0 spiro atoms. The second-order valence-electron chi connectivity index (χ2n) is 5.09. The van der Waals surface area contributed by atoms with Crippen molar-refractivity contribution in [3.63, 3.8) is 0 Å². The molecule has 0 fully saturated rings. The monoisotopic (exact) mass is 230 g/mol. The average molecular weight is 230 g/mol. The van der Waals surface area contributed by atoms with Crippen LogP contribution in [0.2, 0.25) is 0 Å². The predicted octanol–water partition coefficient (Wildman–Crippen LogP) is 3.53. The summed E-state index contributed by atoms with van der Waals surface area (Å²) in [5.41, 5.74) is 1.24. The van der Waals surface area contributed by atoms with Gasteiger partial charge in [-0.2, -0.15) is 0 Å². The van der Waals surface area contributed by atoms with E-state index >= 15 is 0 Å². The maximum atomic E-state index is 12.1. The second-order valence-corrected chi connectivity index (χ2v) is 5.09. The van der Waals surface area contributed by atoms with Gasteiger partial charge in [-0.25, -0.2) is 9.36 Å². The lowest BCUT2D eigenvalue weighted by Gasteiger charge is -2.20. The first kappa shape index (κ1) is 11.7. The molecule has 0 atom stereocenters. The highest BCUT2D eigenvalue weighted by Crippen LogP contribution is 2.20. The van der Waals surface area contributed by atoms with Gasteiger partial charge in [0.15, 0.2) is 0 Å². The molecule has 0 N–H and O–H groups in total. The molecule has 2 aromatic rings. The molecular formula is C14H16NO2. The lowest BCUT2D eigenvalue weighted by Crippen LogP contribution is -2.27. The number of hydrogen-bond acceptors (Lipinski definition) is 2. The van der Waals surface area contributed by atoms with Crippen molar-refractivity contribution in [2.75, 3.05) is 0 Å². The van der Waals surface area contributed by atoms with Gasteiger partial charge < -0.3 is 4.74 Å². The van der Waals surface area contributed by atoms with Crippen molar-refractivity contribution < 1.29 is 9.53 Å². The van der Waals surface area contributed by atoms with Crippen LogP contribution in [-0.4, -0.2) is 16.3 Å². The zero-order valence-corrected chi connectivity index (χ0v) is 10.6. The summed E-state index contributed by atoms with van der Waals surface area (Å²) < 4.78 is 6.98. The van der Waals surface area contributed by atoms with Gasteiger partial charge in [0.25, 0.3) is 0 Å². The van der Waals surface area contributed by atoms with E-state index in [9.17, 15) is 4.79 Å². The highest BCUT2D eigenvalue weighted by atomic mass is 16.6. The molecule has 3 nitrogen and oxygen atoms in total. The fourth-order valence-electron chi connectivity index (χ4n) is 1.78. The van der Waals surface area contributed by atoms with E-state index in [-0.39, 0.29) is 6.09 Å². The zero-order valence-electron chi connectivity index (χ0n) is 10.6. The second kappa shape index (κ2) is 3.91. The van der Waals surface area contributed by atoms with E-state index in [1.54, 1.807) is 10.6 Å². The smallest absolute Gasteiger partial charge is 0.419 e. The van der Waals surface area contributed by atoms with Gasteiger partial charge in [0.2, 0.25) is 0 Å². The maximum Gasteiger partial charge on any atom is 0.419 e. The highest BCUT2D eigenvalue weighted by molar-refractivity contribution is 5.90. The molecule has 3 heteroatoms. The van der Waals surface area contributed by atoms with Gasteiger partial charge in [-0.1, -0.05) is 6.07 Å². The van der Waals surface area contributed by atoms with Gasteiger partial charge in [-0.05, 0) is 52.0 Å². The summed E-state index contributed by atoms with van der Waals surface area (Å²) in [5.74, 6) is 0. The van der Waals surface area contributed by atoms with E-state index in [4.69, 9.17) is 4.74 Å². The lowest BCUT2D eigenvalue weighted by molar-refractivity contribution is 0.0542. The Morgan fingerprint density at radius 1 is 1.41 bits per heavy atom. The third kappa shape index (κ3) is 2.33. The normalized spacial score (nSPS) is 11.8. The summed E-state index contributed by atoms with van der Waals surface area (Å²) >= 11 is 0. The predicted molar refractivity (Wildman–Crippen MR) is 67.1 cm³/mol. The first-order chi connectivity index (χ1) is 7.88. The third-order valence-corrected chi connectivity index (χ3v) is 2.41. The Morgan fingerprint density at radius 2 is 2.12 bits per heavy atom. The average Bonchev–Trinajstić information content (AvgIpc) is 2.50. The van der Waals surface area contributed by atoms with Gasteiger partial charge >= 0.3 is 6.09 Å². The van der Waals surface area contributed by atoms with Gasteiger partial charge in [0.05, 0.1) is 5.52 Å². The van der Waals surface area contributed by atoms with E-state index in [1.807, 2.05) is 45.9 Å². The number of carbonyl (C=O) groups is 1. The molecule has 0 aliphatic heterocycles. The minimum atomic E-state index is -0.485. The molecule has 0 amide bonds. The van der Waals surface area contributed by atoms with Crippen molar-refractivity contribution in [2.45, 2.75) is 33.3 Å². The Balaban J connectivity index is 2.48. The number of aromatic nitrogens is 1. The van der Waals surface area contributed by atoms with Crippen LogP contribution in [0.3, 0.4) is 0 Å². The third-order valence-electron chi connectivity index (χ3n) is 2.41. The molecular weight excluding hydrogens is 214 g/mol. The molecule has 1 radical (unpaired) electrons. The number of rotatable bonds is 0. The van der Waals surface area contributed by atoms with Crippen LogP contribution in [-0.2, 0) is 4.74 Å². The quantitative estimate of drug-likeness (QED) is 0.693. The van der Waals surface area contributed by atoms with Gasteiger partial charge in [-0.15, -0.1) is 0 Å². The standard InChI is InChI=1S/C14H16NO2/c1-10-9-11-7-5-6-8-12(11)15(10)13(16)17-14(2,3)4/h6-9H,1-4H3. The Morgan fingerprint density at radius 3 is 2.76 bits per heavy atom. The highest BCUT2D eigenvalue weighted by Gasteiger charge is 2.20. The molecule has 0 aliphatic rings. The first-order valence-electron chi connectivity index (χ1n) is 5.60. The number of hydrogen-bond donors (Lipinski definition) is 0. The summed E-state index contributed by atoms with van der Waals surface area (Å²) in [4.78, 5) is 12.1. The fraction of sp³-hybridized carbons (Fsp3) is 0.357. The topological polar surface area (TPSA) is 31.2 Å².